The maximum atomic E-state index is 5.21. The Balaban J connectivity index is 2.63. The molecule has 0 bridgehead atoms. The summed E-state index contributed by atoms with van der Waals surface area (Å²) >= 11 is 4.53. The number of rotatable bonds is 9. The Labute approximate surface area is 123 Å². The van der Waals surface area contributed by atoms with Gasteiger partial charge in [-0.05, 0) is 17.2 Å². The zero-order chi connectivity index (χ0) is 14.1. The SMILES string of the molecule is COCCN(CC(C)C)CC(CS)c1ccccc1. The topological polar surface area (TPSA) is 12.5 Å². The largest absolute Gasteiger partial charge is 0.383 e. The molecule has 19 heavy (non-hydrogen) atoms. The van der Waals surface area contributed by atoms with Crippen molar-refractivity contribution in [2.24, 2.45) is 5.92 Å². The van der Waals surface area contributed by atoms with Crippen LogP contribution in [0.4, 0.5) is 0 Å². The van der Waals surface area contributed by atoms with E-state index >= 15 is 0 Å². The molecule has 1 rings (SSSR count). The van der Waals surface area contributed by atoms with Crippen molar-refractivity contribution in [3.63, 3.8) is 0 Å². The highest BCUT2D eigenvalue weighted by Crippen LogP contribution is 2.19. The van der Waals surface area contributed by atoms with Gasteiger partial charge in [0.05, 0.1) is 6.61 Å². The minimum Gasteiger partial charge on any atom is -0.383 e. The molecule has 0 amide bonds. The van der Waals surface area contributed by atoms with Crippen LogP contribution in [-0.4, -0.2) is 44.0 Å². The maximum Gasteiger partial charge on any atom is 0.0589 e. The number of nitrogens with zero attached hydrogens (tertiary/aromatic N) is 1. The molecule has 0 heterocycles. The Morgan fingerprint density at radius 3 is 2.37 bits per heavy atom. The third kappa shape index (κ3) is 6.46. The summed E-state index contributed by atoms with van der Waals surface area (Å²) in [7, 11) is 1.76. The van der Waals surface area contributed by atoms with E-state index in [9.17, 15) is 0 Å². The van der Waals surface area contributed by atoms with Gasteiger partial charge in [-0.1, -0.05) is 44.2 Å². The molecule has 2 nitrogen and oxygen atoms in total. The summed E-state index contributed by atoms with van der Waals surface area (Å²) in [4.78, 5) is 2.49. The van der Waals surface area contributed by atoms with Gasteiger partial charge in [-0.25, -0.2) is 0 Å². The molecular formula is C16H27NOS. The highest BCUT2D eigenvalue weighted by molar-refractivity contribution is 7.80. The van der Waals surface area contributed by atoms with Gasteiger partial charge >= 0.3 is 0 Å². The minimum absolute atomic E-state index is 0.486. The van der Waals surface area contributed by atoms with Crippen LogP contribution in [0.25, 0.3) is 0 Å². The van der Waals surface area contributed by atoms with Gasteiger partial charge in [-0.15, -0.1) is 0 Å². The highest BCUT2D eigenvalue weighted by atomic mass is 32.1. The van der Waals surface area contributed by atoms with Crippen molar-refractivity contribution in [1.29, 1.82) is 0 Å². The second-order valence-corrected chi connectivity index (χ2v) is 5.80. The van der Waals surface area contributed by atoms with Gasteiger partial charge in [0.15, 0.2) is 0 Å². The van der Waals surface area contributed by atoms with Gasteiger partial charge in [0.25, 0.3) is 0 Å². The maximum absolute atomic E-state index is 5.21. The number of methoxy groups -OCH3 is 1. The summed E-state index contributed by atoms with van der Waals surface area (Å²) < 4.78 is 5.21. The zero-order valence-electron chi connectivity index (χ0n) is 12.4. The standard InChI is InChI=1S/C16H27NOS/c1-14(2)11-17(9-10-18-3)12-16(13-19)15-7-5-4-6-8-15/h4-8,14,16,19H,9-13H2,1-3H3. The van der Waals surface area contributed by atoms with E-state index < -0.39 is 0 Å². The number of hydrogen-bond acceptors (Lipinski definition) is 3. The van der Waals surface area contributed by atoms with Crippen molar-refractivity contribution in [1.82, 2.24) is 4.90 Å². The van der Waals surface area contributed by atoms with E-state index in [1.807, 2.05) is 0 Å². The summed E-state index contributed by atoms with van der Waals surface area (Å²) in [6, 6.07) is 10.7. The van der Waals surface area contributed by atoms with E-state index in [4.69, 9.17) is 4.74 Å². The van der Waals surface area contributed by atoms with Crippen LogP contribution in [0, 0.1) is 5.92 Å². The fraction of sp³-hybridized carbons (Fsp3) is 0.625. The summed E-state index contributed by atoms with van der Waals surface area (Å²) in [5.41, 5.74) is 1.38. The third-order valence-electron chi connectivity index (χ3n) is 3.20. The van der Waals surface area contributed by atoms with Crippen LogP contribution in [0.1, 0.15) is 25.3 Å². The average molecular weight is 281 g/mol. The van der Waals surface area contributed by atoms with Crippen molar-refractivity contribution in [3.05, 3.63) is 35.9 Å². The molecule has 0 radical (unpaired) electrons. The van der Waals surface area contributed by atoms with Gasteiger partial charge < -0.3 is 9.64 Å². The van der Waals surface area contributed by atoms with Crippen LogP contribution in [0.15, 0.2) is 30.3 Å². The first-order valence-corrected chi connectivity index (χ1v) is 7.67. The monoisotopic (exact) mass is 281 g/mol. The molecule has 1 unspecified atom stereocenters. The first kappa shape index (κ1) is 16.5. The first-order chi connectivity index (χ1) is 9.17. The van der Waals surface area contributed by atoms with Crippen molar-refractivity contribution >= 4 is 12.6 Å². The van der Waals surface area contributed by atoms with Crippen LogP contribution in [0.5, 0.6) is 0 Å². The van der Waals surface area contributed by atoms with Crippen LogP contribution in [0.3, 0.4) is 0 Å². The van der Waals surface area contributed by atoms with E-state index in [1.165, 1.54) is 5.56 Å². The Morgan fingerprint density at radius 1 is 1.16 bits per heavy atom. The molecular weight excluding hydrogens is 254 g/mol. The van der Waals surface area contributed by atoms with Gasteiger partial charge in [-0.3, -0.25) is 0 Å². The van der Waals surface area contributed by atoms with Gasteiger partial charge in [0.1, 0.15) is 0 Å². The van der Waals surface area contributed by atoms with E-state index in [-0.39, 0.29) is 0 Å². The summed E-state index contributed by atoms with van der Waals surface area (Å²) in [5, 5.41) is 0. The molecule has 108 valence electrons. The predicted molar refractivity (Wildman–Crippen MR) is 86.2 cm³/mol. The lowest BCUT2D eigenvalue weighted by Gasteiger charge is -2.28. The fourth-order valence-corrected chi connectivity index (χ4v) is 2.63. The zero-order valence-corrected chi connectivity index (χ0v) is 13.3. The van der Waals surface area contributed by atoms with Crippen molar-refractivity contribution in [2.45, 2.75) is 19.8 Å². The van der Waals surface area contributed by atoms with Crippen LogP contribution in [-0.2, 0) is 4.74 Å². The summed E-state index contributed by atoms with van der Waals surface area (Å²) in [6.07, 6.45) is 0. The number of benzene rings is 1. The van der Waals surface area contributed by atoms with E-state index in [0.717, 1.165) is 32.0 Å². The molecule has 0 aliphatic heterocycles. The first-order valence-electron chi connectivity index (χ1n) is 7.04. The Hall–Kier alpha value is -0.510. The van der Waals surface area contributed by atoms with Crippen LogP contribution < -0.4 is 0 Å². The molecule has 0 aliphatic carbocycles. The van der Waals surface area contributed by atoms with E-state index in [0.29, 0.717) is 11.8 Å². The van der Waals surface area contributed by atoms with Gasteiger partial charge in [0, 0.05) is 32.7 Å². The van der Waals surface area contributed by atoms with E-state index in [1.54, 1.807) is 7.11 Å². The fourth-order valence-electron chi connectivity index (χ4n) is 2.30. The molecule has 0 spiro atoms. The number of thiol groups is 1. The second-order valence-electron chi connectivity index (χ2n) is 5.44. The normalized spacial score (nSPS) is 13.2. The highest BCUT2D eigenvalue weighted by Gasteiger charge is 2.15. The molecule has 1 aromatic carbocycles. The summed E-state index contributed by atoms with van der Waals surface area (Å²) in [6.45, 7) is 8.47. The molecule has 1 aromatic rings. The number of hydrogen-bond donors (Lipinski definition) is 1. The Morgan fingerprint density at radius 2 is 1.84 bits per heavy atom. The van der Waals surface area contributed by atoms with Crippen LogP contribution in [0.2, 0.25) is 0 Å². The predicted octanol–water partition coefficient (Wildman–Crippen LogP) is 3.30. The molecule has 0 saturated heterocycles. The quantitative estimate of drug-likeness (QED) is 0.697. The molecule has 0 fully saturated rings. The Kier molecular flexibility index (Phi) is 8.19. The molecule has 0 aromatic heterocycles. The molecule has 3 heteroatoms. The van der Waals surface area contributed by atoms with Gasteiger partial charge in [-0.2, -0.15) is 12.6 Å². The summed E-state index contributed by atoms with van der Waals surface area (Å²) in [5.74, 6) is 2.04. The average Bonchev–Trinajstić information content (AvgIpc) is 2.42. The minimum atomic E-state index is 0.486. The molecule has 1 atom stereocenters. The molecule has 0 saturated carbocycles. The number of ether oxygens (including phenoxy) is 1. The van der Waals surface area contributed by atoms with Crippen molar-refractivity contribution in [3.8, 4) is 0 Å². The van der Waals surface area contributed by atoms with Gasteiger partial charge in [0.2, 0.25) is 0 Å². The smallest absolute Gasteiger partial charge is 0.0589 e. The second kappa shape index (κ2) is 9.40. The van der Waals surface area contributed by atoms with E-state index in [2.05, 4.69) is 61.7 Å². The molecule has 0 N–H and O–H groups in total. The van der Waals surface area contributed by atoms with Crippen molar-refractivity contribution in [2.75, 3.05) is 39.1 Å². The Bertz CT molecular complexity index is 329. The lowest BCUT2D eigenvalue weighted by molar-refractivity contribution is 0.137. The lowest BCUT2D eigenvalue weighted by Crippen LogP contribution is -2.35. The third-order valence-corrected chi connectivity index (χ3v) is 3.65. The lowest BCUT2D eigenvalue weighted by atomic mass is 10.00. The van der Waals surface area contributed by atoms with Crippen LogP contribution >= 0.6 is 12.6 Å². The molecule has 0 aliphatic rings. The van der Waals surface area contributed by atoms with Crippen molar-refractivity contribution < 1.29 is 4.74 Å².